The van der Waals surface area contributed by atoms with Gasteiger partial charge in [0.1, 0.15) is 6.67 Å². The first kappa shape index (κ1) is 10.1. The first-order valence-corrected chi connectivity index (χ1v) is 3.68. The van der Waals surface area contributed by atoms with Crippen LogP contribution in [0.25, 0.3) is 0 Å². The Labute approximate surface area is 66.5 Å². The van der Waals surface area contributed by atoms with Crippen molar-refractivity contribution in [3.05, 3.63) is 12.2 Å². The molecular formula is C8H14FNO. The summed E-state index contributed by atoms with van der Waals surface area (Å²) in [7, 11) is 0. The van der Waals surface area contributed by atoms with Gasteiger partial charge in [0, 0.05) is 6.54 Å². The molecule has 1 amide bonds. The van der Waals surface area contributed by atoms with Gasteiger partial charge in [0.25, 0.3) is 0 Å². The van der Waals surface area contributed by atoms with Crippen molar-refractivity contribution in [2.75, 3.05) is 13.2 Å². The van der Waals surface area contributed by atoms with Gasteiger partial charge in [-0.1, -0.05) is 19.9 Å². The summed E-state index contributed by atoms with van der Waals surface area (Å²) < 4.78 is 11.5. The van der Waals surface area contributed by atoms with Gasteiger partial charge in [-0.15, -0.1) is 0 Å². The van der Waals surface area contributed by atoms with Crippen LogP contribution in [0.1, 0.15) is 13.8 Å². The molecule has 0 saturated heterocycles. The van der Waals surface area contributed by atoms with Crippen LogP contribution in [0, 0.1) is 5.92 Å². The minimum Gasteiger partial charge on any atom is -0.350 e. The average Bonchev–Trinajstić information content (AvgIpc) is 1.97. The van der Waals surface area contributed by atoms with Crippen LogP contribution in [-0.4, -0.2) is 19.1 Å². The Balaban J connectivity index is 3.51. The van der Waals surface area contributed by atoms with Crippen LogP contribution in [0.5, 0.6) is 0 Å². The summed E-state index contributed by atoms with van der Waals surface area (Å²) in [6.07, 6.45) is 3.20. The fourth-order valence-corrected chi connectivity index (χ4v) is 0.509. The predicted molar refractivity (Wildman–Crippen MR) is 43.0 cm³/mol. The molecule has 0 rings (SSSR count). The van der Waals surface area contributed by atoms with Gasteiger partial charge in [0.15, 0.2) is 0 Å². The van der Waals surface area contributed by atoms with Crippen molar-refractivity contribution in [1.29, 1.82) is 0 Å². The summed E-state index contributed by atoms with van der Waals surface area (Å²) in [5.41, 5.74) is 0. The summed E-state index contributed by atoms with van der Waals surface area (Å²) >= 11 is 0. The summed E-state index contributed by atoms with van der Waals surface area (Å²) in [6.45, 7) is 3.53. The molecule has 0 unspecified atom stereocenters. The highest BCUT2D eigenvalue weighted by Crippen LogP contribution is 1.92. The third-order valence-electron chi connectivity index (χ3n) is 1.03. The van der Waals surface area contributed by atoms with Gasteiger partial charge in [0.05, 0.1) is 0 Å². The zero-order chi connectivity index (χ0) is 8.69. The van der Waals surface area contributed by atoms with E-state index in [2.05, 4.69) is 5.32 Å². The highest BCUT2D eigenvalue weighted by atomic mass is 19.1. The van der Waals surface area contributed by atoms with Crippen LogP contribution in [-0.2, 0) is 4.79 Å². The summed E-state index contributed by atoms with van der Waals surface area (Å²) in [5, 5.41) is 2.39. The van der Waals surface area contributed by atoms with Gasteiger partial charge in [-0.25, -0.2) is 4.39 Å². The van der Waals surface area contributed by atoms with E-state index in [9.17, 15) is 9.18 Å². The van der Waals surface area contributed by atoms with Crippen molar-refractivity contribution in [2.45, 2.75) is 13.8 Å². The molecule has 0 aliphatic rings. The molecular weight excluding hydrogens is 145 g/mol. The molecule has 0 saturated carbocycles. The van der Waals surface area contributed by atoms with Crippen molar-refractivity contribution < 1.29 is 9.18 Å². The molecule has 0 aromatic heterocycles. The van der Waals surface area contributed by atoms with E-state index in [4.69, 9.17) is 0 Å². The Morgan fingerprint density at radius 2 is 2.27 bits per heavy atom. The van der Waals surface area contributed by atoms with Crippen LogP contribution in [0.4, 0.5) is 4.39 Å². The molecule has 0 bridgehead atoms. The number of carbonyl (C=O) groups is 1. The zero-order valence-corrected chi connectivity index (χ0v) is 6.93. The van der Waals surface area contributed by atoms with Gasteiger partial charge in [-0.2, -0.15) is 0 Å². The fourth-order valence-electron chi connectivity index (χ4n) is 0.509. The molecule has 1 N–H and O–H groups in total. The summed E-state index contributed by atoms with van der Waals surface area (Å²) in [6, 6.07) is 0. The number of hydrogen-bond acceptors (Lipinski definition) is 1. The first-order chi connectivity index (χ1) is 5.16. The molecule has 0 spiro atoms. The lowest BCUT2D eigenvalue weighted by Gasteiger charge is -1.96. The van der Waals surface area contributed by atoms with Crippen molar-refractivity contribution in [3.8, 4) is 0 Å². The minimum absolute atomic E-state index is 0.0985. The molecule has 0 fully saturated rings. The number of carbonyl (C=O) groups excluding carboxylic acids is 1. The van der Waals surface area contributed by atoms with Gasteiger partial charge >= 0.3 is 0 Å². The Morgan fingerprint density at radius 3 is 2.73 bits per heavy atom. The largest absolute Gasteiger partial charge is 0.350 e. The maximum Gasteiger partial charge on any atom is 0.243 e. The minimum atomic E-state index is -0.513. The molecule has 0 aliphatic carbocycles. The van der Waals surface area contributed by atoms with E-state index < -0.39 is 6.67 Å². The molecule has 64 valence electrons. The van der Waals surface area contributed by atoms with Gasteiger partial charge in [0.2, 0.25) is 5.91 Å². The number of halogens is 1. The van der Waals surface area contributed by atoms with Gasteiger partial charge < -0.3 is 5.32 Å². The van der Waals surface area contributed by atoms with Crippen molar-refractivity contribution in [3.63, 3.8) is 0 Å². The molecule has 11 heavy (non-hydrogen) atoms. The lowest BCUT2D eigenvalue weighted by molar-refractivity contribution is -0.116. The van der Waals surface area contributed by atoms with E-state index in [1.54, 1.807) is 6.08 Å². The maximum atomic E-state index is 11.5. The van der Waals surface area contributed by atoms with E-state index in [-0.39, 0.29) is 12.5 Å². The second-order valence-electron chi connectivity index (χ2n) is 2.58. The SMILES string of the molecule is CC(C)/C=C/C(=O)NCCF. The van der Waals surface area contributed by atoms with E-state index in [1.807, 2.05) is 13.8 Å². The molecule has 0 heterocycles. The van der Waals surface area contributed by atoms with Crippen LogP contribution < -0.4 is 5.32 Å². The zero-order valence-electron chi connectivity index (χ0n) is 6.93. The third kappa shape index (κ3) is 7.03. The third-order valence-corrected chi connectivity index (χ3v) is 1.03. The van der Waals surface area contributed by atoms with Crippen LogP contribution in [0.2, 0.25) is 0 Å². The van der Waals surface area contributed by atoms with Gasteiger partial charge in [-0.05, 0) is 12.0 Å². The van der Waals surface area contributed by atoms with E-state index in [0.29, 0.717) is 5.92 Å². The van der Waals surface area contributed by atoms with E-state index in [0.717, 1.165) is 0 Å². The highest BCUT2D eigenvalue weighted by Gasteiger charge is 1.92. The quantitative estimate of drug-likeness (QED) is 0.615. The molecule has 0 atom stereocenters. The standard InChI is InChI=1S/C8H14FNO/c1-7(2)3-4-8(11)10-6-5-9/h3-4,7H,5-6H2,1-2H3,(H,10,11)/b4-3+. The second kappa shape index (κ2) is 5.89. The van der Waals surface area contributed by atoms with Crippen molar-refractivity contribution >= 4 is 5.91 Å². The number of nitrogens with one attached hydrogen (secondary N) is 1. The maximum absolute atomic E-state index is 11.5. The smallest absolute Gasteiger partial charge is 0.243 e. The highest BCUT2D eigenvalue weighted by molar-refractivity contribution is 5.87. The molecule has 0 aliphatic heterocycles. The molecule has 2 nitrogen and oxygen atoms in total. The Morgan fingerprint density at radius 1 is 1.64 bits per heavy atom. The lowest BCUT2D eigenvalue weighted by atomic mass is 10.2. The van der Waals surface area contributed by atoms with Crippen LogP contribution in [0.3, 0.4) is 0 Å². The Kier molecular flexibility index (Phi) is 5.43. The van der Waals surface area contributed by atoms with E-state index in [1.165, 1.54) is 6.08 Å². The number of amides is 1. The average molecular weight is 159 g/mol. The molecule has 0 aromatic rings. The molecule has 0 radical (unpaired) electrons. The first-order valence-electron chi connectivity index (χ1n) is 3.68. The Bertz CT molecular complexity index is 143. The fraction of sp³-hybridized carbons (Fsp3) is 0.625. The number of allylic oxidation sites excluding steroid dienone is 1. The summed E-state index contributed by atoms with van der Waals surface area (Å²) in [4.78, 5) is 10.7. The summed E-state index contributed by atoms with van der Waals surface area (Å²) in [5.74, 6) is 0.127. The monoisotopic (exact) mass is 159 g/mol. The van der Waals surface area contributed by atoms with Crippen molar-refractivity contribution in [1.82, 2.24) is 5.32 Å². The van der Waals surface area contributed by atoms with Crippen molar-refractivity contribution in [2.24, 2.45) is 5.92 Å². The second-order valence-corrected chi connectivity index (χ2v) is 2.58. The normalized spacial score (nSPS) is 10.9. The predicted octanol–water partition coefficient (Wildman–Crippen LogP) is 1.28. The topological polar surface area (TPSA) is 29.1 Å². The van der Waals surface area contributed by atoms with E-state index >= 15 is 0 Å². The molecule has 3 heteroatoms. The number of hydrogen-bond donors (Lipinski definition) is 1. The van der Waals surface area contributed by atoms with Gasteiger partial charge in [-0.3, -0.25) is 4.79 Å². The lowest BCUT2D eigenvalue weighted by Crippen LogP contribution is -2.23. The number of alkyl halides is 1. The molecule has 0 aromatic carbocycles. The van der Waals surface area contributed by atoms with Crippen LogP contribution in [0.15, 0.2) is 12.2 Å². The van der Waals surface area contributed by atoms with Crippen LogP contribution >= 0.6 is 0 Å². The number of rotatable bonds is 4. The Hall–Kier alpha value is -0.860.